The maximum atomic E-state index is 14.6. The van der Waals surface area contributed by atoms with Gasteiger partial charge in [-0.2, -0.15) is 0 Å². The van der Waals surface area contributed by atoms with Crippen molar-refractivity contribution in [3.8, 4) is 23.0 Å². The lowest BCUT2D eigenvalue weighted by Gasteiger charge is -2.36. The highest BCUT2D eigenvalue weighted by molar-refractivity contribution is 6.76. The summed E-state index contributed by atoms with van der Waals surface area (Å²) in [5.74, 6) is 0.937. The molecule has 33 nitrogen and oxygen atoms in total. The minimum atomic E-state index is -1.52. The molecule has 4 heterocycles. The van der Waals surface area contributed by atoms with Gasteiger partial charge < -0.3 is 62.2 Å². The van der Waals surface area contributed by atoms with Crippen LogP contribution >= 0.6 is 46.4 Å². The third-order valence-electron chi connectivity index (χ3n) is 17.6. The molecule has 0 aliphatic carbocycles. The third kappa shape index (κ3) is 25.5. The van der Waals surface area contributed by atoms with E-state index in [2.05, 4.69) is 59.2 Å². The standard InChI is InChI=1S/C40H56Cl2N8O10Si.C36H49Cl2N7O8Si/c1-39(2,3)59-37(52)47-17-15-46(16-18-47)26-13-14-27(28(21-26)50(54)55)49(38(53)60-40(4,5)6)32-23-31(43-24-44-32)45(7)36(51)48(25-58-19-20-61(10,11)12)35-33(41)29(56-8)22-30(57-9)34(35)42;1-36(2,3)53-35(47)43-14-12-42(13-15-43)26-11-10-24(27(20-26)45(48)49)18-25-19-30(40-22-39-25)41(4)34(46)44(23-52-16-17-54(7,8)9)33-31(37)28(50-5)21-29(51-6)32(33)38/h13-14,21-24H,15-20,25H2,1-12H3;10-11,19-22H,12-18,23H2,1-9H3. The fraction of sp³-hybridized carbons (Fsp3) is 0.513. The first kappa shape index (κ1) is 92.7. The normalized spacial score (nSPS) is 13.4. The van der Waals surface area contributed by atoms with Crippen LogP contribution in [-0.2, 0) is 30.1 Å². The molecule has 4 aromatic carbocycles. The summed E-state index contributed by atoms with van der Waals surface area (Å²) in [7, 11) is 5.70. The van der Waals surface area contributed by atoms with Crippen LogP contribution in [0.2, 0.25) is 71.5 Å². The molecule has 0 saturated carbocycles. The molecule has 628 valence electrons. The van der Waals surface area contributed by atoms with E-state index in [0.717, 1.165) is 28.2 Å². The Morgan fingerprint density at radius 3 is 1.23 bits per heavy atom. The number of rotatable bonds is 26. The summed E-state index contributed by atoms with van der Waals surface area (Å²) >= 11 is 27.1. The van der Waals surface area contributed by atoms with E-state index in [-0.39, 0.29) is 109 Å². The van der Waals surface area contributed by atoms with Crippen LogP contribution in [0.1, 0.15) is 73.6 Å². The van der Waals surface area contributed by atoms with Crippen molar-refractivity contribution in [1.82, 2.24) is 29.7 Å². The van der Waals surface area contributed by atoms with Gasteiger partial charge in [-0.3, -0.25) is 39.8 Å². The highest BCUT2D eigenvalue weighted by Gasteiger charge is 2.38. The number of halogens is 4. The van der Waals surface area contributed by atoms with Crippen molar-refractivity contribution >= 4 is 150 Å². The summed E-state index contributed by atoms with van der Waals surface area (Å²) in [5.41, 5.74) is -0.727. The monoisotopic (exact) mass is 1710 g/mol. The second-order valence-corrected chi connectivity index (χ2v) is 45.0. The first-order valence-corrected chi connectivity index (χ1v) is 45.7. The van der Waals surface area contributed by atoms with Crippen LogP contribution < -0.4 is 53.2 Å². The lowest BCUT2D eigenvalue weighted by molar-refractivity contribution is -0.385. The molecule has 2 fully saturated rings. The maximum absolute atomic E-state index is 14.6. The van der Waals surface area contributed by atoms with Crippen LogP contribution in [0.25, 0.3) is 0 Å². The number of anilines is 8. The SMILES string of the molecule is COc1cc(OC)c(Cl)c(N(COCC[Si](C)(C)C)C(=O)N(C)c2cc(Cc3ccc(N4CCN(C(=O)OC(C)(C)C)CC4)cc3[N+](=O)[O-])ncn2)c1Cl.COc1cc(OC)c(Cl)c(N(COCC[Si](C)(C)C)C(=O)N(C)c2cc(N(C(=O)OC(C)(C)C)c3ccc(N4CCN(C(=O)OC(C)(C)C)CC4)cc3[N+](=O)[O-])ncn2)c1Cl. The molecule has 7 amide bonds. The number of benzene rings is 4. The Bertz CT molecular complexity index is 4410. The van der Waals surface area contributed by atoms with Crippen LogP contribution in [0.15, 0.2) is 73.3 Å². The molecule has 0 radical (unpaired) electrons. The molecule has 6 aromatic rings. The Kier molecular flexibility index (Phi) is 31.8. The number of carbonyl (C=O) groups is 5. The van der Waals surface area contributed by atoms with Crippen molar-refractivity contribution < 1.29 is 76.5 Å². The Morgan fingerprint density at radius 1 is 0.487 bits per heavy atom. The van der Waals surface area contributed by atoms with Crippen LogP contribution in [0, 0.1) is 20.2 Å². The van der Waals surface area contributed by atoms with Crippen LogP contribution in [0.3, 0.4) is 0 Å². The van der Waals surface area contributed by atoms with Gasteiger partial charge in [0.1, 0.15) is 109 Å². The van der Waals surface area contributed by atoms with Gasteiger partial charge in [-0.05, 0) is 98.7 Å². The Labute approximate surface area is 693 Å². The van der Waals surface area contributed by atoms with Crippen molar-refractivity contribution in [2.45, 2.75) is 137 Å². The number of methoxy groups -OCH3 is 4. The fourth-order valence-electron chi connectivity index (χ4n) is 11.5. The van der Waals surface area contributed by atoms with E-state index >= 15 is 0 Å². The van der Waals surface area contributed by atoms with Crippen molar-refractivity contribution in [2.24, 2.45) is 0 Å². The van der Waals surface area contributed by atoms with Crippen molar-refractivity contribution in [3.05, 3.63) is 125 Å². The molecule has 2 aromatic heterocycles. The van der Waals surface area contributed by atoms with Gasteiger partial charge in [0.2, 0.25) is 0 Å². The molecular weight excluding hydrogens is 1610 g/mol. The zero-order valence-corrected chi connectivity index (χ0v) is 74.1. The van der Waals surface area contributed by atoms with Gasteiger partial charge in [0, 0.05) is 156 Å². The van der Waals surface area contributed by atoms with Gasteiger partial charge in [-0.15, -0.1) is 0 Å². The lowest BCUT2D eigenvalue weighted by Crippen LogP contribution is -2.50. The number of hydrogen-bond donors (Lipinski definition) is 0. The van der Waals surface area contributed by atoms with E-state index < -0.39 is 72.7 Å². The zero-order valence-electron chi connectivity index (χ0n) is 69.1. The van der Waals surface area contributed by atoms with Gasteiger partial charge in [0.25, 0.3) is 11.4 Å². The number of amides is 7. The molecule has 39 heteroatoms. The van der Waals surface area contributed by atoms with E-state index in [1.54, 1.807) is 69.5 Å². The number of ether oxygens (including phenoxy) is 9. The van der Waals surface area contributed by atoms with Gasteiger partial charge >= 0.3 is 30.3 Å². The first-order valence-electron chi connectivity index (χ1n) is 36.8. The van der Waals surface area contributed by atoms with Gasteiger partial charge in [0.05, 0.1) is 55.4 Å². The molecule has 2 aliphatic rings. The highest BCUT2D eigenvalue weighted by Crippen LogP contribution is 2.49. The molecule has 0 N–H and O–H groups in total. The maximum Gasteiger partial charge on any atom is 0.420 e. The number of piperazine rings is 2. The number of nitro groups is 2. The largest absolute Gasteiger partial charge is 0.495 e. The first-order chi connectivity index (χ1) is 53.7. The molecule has 2 aliphatic heterocycles. The summed E-state index contributed by atoms with van der Waals surface area (Å²) in [5, 5.41) is 25.2. The third-order valence-corrected chi connectivity index (χ3v) is 22.4. The summed E-state index contributed by atoms with van der Waals surface area (Å²) in [6.45, 7) is 32.6. The molecule has 0 spiro atoms. The number of carbonyl (C=O) groups excluding carboxylic acids is 5. The minimum Gasteiger partial charge on any atom is -0.495 e. The minimum absolute atomic E-state index is 0.0140. The average Bonchev–Trinajstić information content (AvgIpc) is 0.785. The number of nitro benzene ring substituents is 2. The number of hydrogen-bond acceptors (Lipinski definition) is 24. The molecule has 8 rings (SSSR count). The molecular formula is C76H105Cl4N15O18Si2. The quantitative estimate of drug-likeness (QED) is 0.0122. The van der Waals surface area contributed by atoms with Crippen molar-refractivity contribution in [2.75, 3.05) is 156 Å². The Morgan fingerprint density at radius 2 is 0.852 bits per heavy atom. The smallest absolute Gasteiger partial charge is 0.420 e. The van der Waals surface area contributed by atoms with Crippen molar-refractivity contribution in [3.63, 3.8) is 0 Å². The van der Waals surface area contributed by atoms with E-state index in [9.17, 15) is 44.2 Å². The lowest BCUT2D eigenvalue weighted by atomic mass is 10.1. The van der Waals surface area contributed by atoms with Gasteiger partial charge in [-0.25, -0.2) is 48.8 Å². The van der Waals surface area contributed by atoms with Crippen LogP contribution in [0.4, 0.5) is 81.2 Å². The van der Waals surface area contributed by atoms with Gasteiger partial charge in [0.15, 0.2) is 0 Å². The second kappa shape index (κ2) is 39.4. The zero-order chi connectivity index (χ0) is 85.6. The molecule has 2 saturated heterocycles. The van der Waals surface area contributed by atoms with Crippen molar-refractivity contribution in [1.29, 1.82) is 0 Å². The molecule has 115 heavy (non-hydrogen) atoms. The predicted octanol–water partition coefficient (Wildman–Crippen LogP) is 16.9. The fourth-order valence-corrected chi connectivity index (χ4v) is 14.4. The Balaban J connectivity index is 0.000000321. The molecule has 0 bridgehead atoms. The summed E-state index contributed by atoms with van der Waals surface area (Å²) in [6.07, 6.45) is 0.694. The number of aromatic nitrogens is 4. The highest BCUT2D eigenvalue weighted by atomic mass is 35.5. The van der Waals surface area contributed by atoms with E-state index in [4.69, 9.17) is 89.0 Å². The summed E-state index contributed by atoms with van der Waals surface area (Å²) < 4.78 is 50.6. The number of nitrogens with zero attached hydrogens (tertiary/aromatic N) is 15. The topological polar surface area (TPSA) is 335 Å². The van der Waals surface area contributed by atoms with Crippen LogP contribution in [-0.4, -0.2) is 224 Å². The summed E-state index contributed by atoms with van der Waals surface area (Å²) in [6, 6.07) is 15.8. The summed E-state index contributed by atoms with van der Waals surface area (Å²) in [4.78, 5) is 122. The molecule has 0 atom stereocenters. The number of urea groups is 2. The van der Waals surface area contributed by atoms with E-state index in [1.807, 2.05) is 36.6 Å². The van der Waals surface area contributed by atoms with Crippen LogP contribution in [0.5, 0.6) is 23.0 Å². The second-order valence-electron chi connectivity index (χ2n) is 32.3. The van der Waals surface area contributed by atoms with Gasteiger partial charge in [-0.1, -0.05) is 85.7 Å². The van der Waals surface area contributed by atoms with E-state index in [0.29, 0.717) is 88.2 Å². The predicted molar refractivity (Wildman–Crippen MR) is 451 cm³/mol. The average molecular weight is 1710 g/mol. The van der Waals surface area contributed by atoms with E-state index in [1.165, 1.54) is 100.0 Å². The molecule has 0 unspecified atom stereocenters. The Hall–Kier alpha value is -9.50.